The summed E-state index contributed by atoms with van der Waals surface area (Å²) in [5.41, 5.74) is 8.12. The zero-order valence-corrected chi connectivity index (χ0v) is 13.2. The number of carbonyl (C=O) groups excluding carboxylic acids is 1. The highest BCUT2D eigenvalue weighted by atomic mass is 16.6. The van der Waals surface area contributed by atoms with E-state index in [1.807, 2.05) is 45.9 Å². The Bertz CT molecular complexity index is 523. The molecule has 1 heterocycles. The van der Waals surface area contributed by atoms with Crippen molar-refractivity contribution in [1.82, 2.24) is 4.90 Å². The van der Waals surface area contributed by atoms with Crippen LogP contribution >= 0.6 is 0 Å². The van der Waals surface area contributed by atoms with Crippen LogP contribution < -0.4 is 5.73 Å². The number of benzene rings is 1. The molecule has 1 aliphatic rings. The molecular formula is C16H24N2O3. The molecule has 21 heavy (non-hydrogen) atoms. The summed E-state index contributed by atoms with van der Waals surface area (Å²) in [6.07, 6.45) is -0.299. The number of nitrogen functional groups attached to an aromatic ring is 1. The van der Waals surface area contributed by atoms with Gasteiger partial charge in [0.05, 0.1) is 19.3 Å². The van der Waals surface area contributed by atoms with Crippen LogP contribution in [0.4, 0.5) is 10.5 Å². The molecule has 1 atom stereocenters. The van der Waals surface area contributed by atoms with Gasteiger partial charge >= 0.3 is 6.09 Å². The lowest BCUT2D eigenvalue weighted by Crippen LogP contribution is -2.45. The zero-order chi connectivity index (χ0) is 15.6. The highest BCUT2D eigenvalue weighted by Gasteiger charge is 2.32. The van der Waals surface area contributed by atoms with E-state index in [1.54, 1.807) is 4.90 Å². The molecule has 0 unspecified atom stereocenters. The molecule has 1 amide bonds. The number of aryl methyl sites for hydroxylation is 1. The molecule has 5 nitrogen and oxygen atoms in total. The minimum atomic E-state index is -0.504. The molecule has 5 heteroatoms. The molecule has 0 aromatic heterocycles. The van der Waals surface area contributed by atoms with Crippen molar-refractivity contribution in [3.8, 4) is 0 Å². The second kappa shape index (κ2) is 5.93. The average molecular weight is 292 g/mol. The molecule has 0 aliphatic carbocycles. The van der Waals surface area contributed by atoms with Gasteiger partial charge in [-0.3, -0.25) is 4.90 Å². The van der Waals surface area contributed by atoms with Crippen molar-refractivity contribution in [2.75, 3.05) is 25.5 Å². The molecule has 2 N–H and O–H groups in total. The number of amides is 1. The van der Waals surface area contributed by atoms with Crippen molar-refractivity contribution in [2.45, 2.75) is 39.3 Å². The summed E-state index contributed by atoms with van der Waals surface area (Å²) in [4.78, 5) is 14.1. The van der Waals surface area contributed by atoms with Crippen LogP contribution in [0.5, 0.6) is 0 Å². The quantitative estimate of drug-likeness (QED) is 0.808. The van der Waals surface area contributed by atoms with E-state index in [4.69, 9.17) is 15.2 Å². The second-order valence-corrected chi connectivity index (χ2v) is 6.38. The summed E-state index contributed by atoms with van der Waals surface area (Å²) in [5.74, 6) is 0. The van der Waals surface area contributed by atoms with Crippen LogP contribution in [-0.2, 0) is 9.47 Å². The number of nitrogens with two attached hydrogens (primary N) is 1. The largest absolute Gasteiger partial charge is 0.444 e. The van der Waals surface area contributed by atoms with Gasteiger partial charge in [-0.15, -0.1) is 0 Å². The molecular weight excluding hydrogens is 268 g/mol. The molecule has 116 valence electrons. The van der Waals surface area contributed by atoms with Crippen LogP contribution in [0, 0.1) is 6.92 Å². The van der Waals surface area contributed by atoms with Gasteiger partial charge in [-0.05, 0) is 51.0 Å². The van der Waals surface area contributed by atoms with Gasteiger partial charge in [0.1, 0.15) is 5.60 Å². The summed E-state index contributed by atoms with van der Waals surface area (Å²) in [6, 6.07) is 5.59. The number of hydrogen-bond donors (Lipinski definition) is 1. The van der Waals surface area contributed by atoms with Crippen LogP contribution in [0.25, 0.3) is 0 Å². The molecule has 0 spiro atoms. The topological polar surface area (TPSA) is 64.8 Å². The first kappa shape index (κ1) is 15.6. The summed E-state index contributed by atoms with van der Waals surface area (Å²) in [6.45, 7) is 9.14. The van der Waals surface area contributed by atoms with Crippen LogP contribution in [0.3, 0.4) is 0 Å². The van der Waals surface area contributed by atoms with Crippen molar-refractivity contribution in [2.24, 2.45) is 0 Å². The van der Waals surface area contributed by atoms with E-state index in [1.165, 1.54) is 0 Å². The van der Waals surface area contributed by atoms with Crippen molar-refractivity contribution in [3.05, 3.63) is 29.3 Å². The Morgan fingerprint density at radius 1 is 1.43 bits per heavy atom. The summed E-state index contributed by atoms with van der Waals surface area (Å²) >= 11 is 0. The molecule has 1 fully saturated rings. The van der Waals surface area contributed by atoms with E-state index in [-0.39, 0.29) is 12.1 Å². The first-order valence-electron chi connectivity index (χ1n) is 7.21. The van der Waals surface area contributed by atoms with Crippen LogP contribution in [0.1, 0.15) is 37.9 Å². The van der Waals surface area contributed by atoms with Crippen molar-refractivity contribution >= 4 is 11.8 Å². The minimum absolute atomic E-state index is 0.130. The molecule has 1 aromatic rings. The Kier molecular flexibility index (Phi) is 4.42. The van der Waals surface area contributed by atoms with Crippen LogP contribution in [0.2, 0.25) is 0 Å². The number of morpholine rings is 1. The third kappa shape index (κ3) is 3.88. The highest BCUT2D eigenvalue weighted by Crippen LogP contribution is 2.29. The maximum absolute atomic E-state index is 12.4. The lowest BCUT2D eigenvalue weighted by Gasteiger charge is -2.37. The summed E-state index contributed by atoms with van der Waals surface area (Å²) < 4.78 is 11.1. The number of rotatable bonds is 1. The average Bonchev–Trinajstić information content (AvgIpc) is 2.37. The van der Waals surface area contributed by atoms with E-state index >= 15 is 0 Å². The Balaban J connectivity index is 2.24. The Morgan fingerprint density at radius 2 is 2.14 bits per heavy atom. The van der Waals surface area contributed by atoms with Crippen molar-refractivity contribution in [3.63, 3.8) is 0 Å². The highest BCUT2D eigenvalue weighted by molar-refractivity contribution is 5.69. The Labute approximate surface area is 126 Å². The fraction of sp³-hybridized carbons (Fsp3) is 0.562. The van der Waals surface area contributed by atoms with Gasteiger partial charge < -0.3 is 15.2 Å². The summed E-state index contributed by atoms with van der Waals surface area (Å²) in [5, 5.41) is 0. The maximum Gasteiger partial charge on any atom is 0.410 e. The first-order chi connectivity index (χ1) is 9.78. The molecule has 0 bridgehead atoms. The van der Waals surface area contributed by atoms with Gasteiger partial charge in [0.2, 0.25) is 0 Å². The SMILES string of the molecule is Cc1cc(N)ccc1[C@@H]1COCCN1C(=O)OC(C)(C)C. The van der Waals surface area contributed by atoms with Crippen LogP contribution in [-0.4, -0.2) is 36.4 Å². The second-order valence-electron chi connectivity index (χ2n) is 6.38. The minimum Gasteiger partial charge on any atom is -0.444 e. The lowest BCUT2D eigenvalue weighted by atomic mass is 9.99. The first-order valence-corrected chi connectivity index (χ1v) is 7.21. The molecule has 2 rings (SSSR count). The summed E-state index contributed by atoms with van der Waals surface area (Å²) in [7, 11) is 0. The van der Waals surface area contributed by atoms with E-state index in [0.29, 0.717) is 19.8 Å². The fourth-order valence-electron chi connectivity index (χ4n) is 2.47. The predicted molar refractivity (Wildman–Crippen MR) is 82.1 cm³/mol. The Hall–Kier alpha value is -1.75. The van der Waals surface area contributed by atoms with Gasteiger partial charge in [-0.25, -0.2) is 4.79 Å². The molecule has 0 radical (unpaired) electrons. The molecule has 1 saturated heterocycles. The number of carbonyl (C=O) groups is 1. The predicted octanol–water partition coefficient (Wildman–Crippen LogP) is 2.89. The van der Waals surface area contributed by atoms with Gasteiger partial charge in [-0.2, -0.15) is 0 Å². The van der Waals surface area contributed by atoms with Crippen LogP contribution in [0.15, 0.2) is 18.2 Å². The normalized spacial score (nSPS) is 19.4. The van der Waals surface area contributed by atoms with Gasteiger partial charge in [0.25, 0.3) is 0 Å². The van der Waals surface area contributed by atoms with Crippen molar-refractivity contribution in [1.29, 1.82) is 0 Å². The molecule has 1 aromatic carbocycles. The maximum atomic E-state index is 12.4. The monoisotopic (exact) mass is 292 g/mol. The standard InChI is InChI=1S/C16H24N2O3/c1-11-9-12(17)5-6-13(11)14-10-20-8-7-18(14)15(19)21-16(2,3)4/h5-6,9,14H,7-8,10,17H2,1-4H3/t14-/m0/s1. The number of ether oxygens (including phenoxy) is 2. The number of nitrogens with zero attached hydrogens (tertiary/aromatic N) is 1. The third-order valence-corrected chi connectivity index (χ3v) is 3.41. The van der Waals surface area contributed by atoms with E-state index in [0.717, 1.165) is 16.8 Å². The number of hydrogen-bond acceptors (Lipinski definition) is 4. The smallest absolute Gasteiger partial charge is 0.410 e. The zero-order valence-electron chi connectivity index (χ0n) is 13.2. The lowest BCUT2D eigenvalue weighted by molar-refractivity contribution is -0.0332. The van der Waals surface area contributed by atoms with Gasteiger partial charge in [-0.1, -0.05) is 6.07 Å². The van der Waals surface area contributed by atoms with E-state index in [2.05, 4.69) is 0 Å². The molecule has 1 aliphatic heterocycles. The Morgan fingerprint density at radius 3 is 2.76 bits per heavy atom. The van der Waals surface area contributed by atoms with Crippen molar-refractivity contribution < 1.29 is 14.3 Å². The molecule has 0 saturated carbocycles. The fourth-order valence-corrected chi connectivity index (χ4v) is 2.47. The van der Waals surface area contributed by atoms with E-state index in [9.17, 15) is 4.79 Å². The van der Waals surface area contributed by atoms with E-state index < -0.39 is 5.60 Å². The van der Waals surface area contributed by atoms with Gasteiger partial charge in [0, 0.05) is 12.2 Å². The number of anilines is 1. The third-order valence-electron chi connectivity index (χ3n) is 3.41. The van der Waals surface area contributed by atoms with Gasteiger partial charge in [0.15, 0.2) is 0 Å².